The predicted octanol–water partition coefficient (Wildman–Crippen LogP) is 6.52. The van der Waals surface area contributed by atoms with Crippen molar-refractivity contribution in [1.82, 2.24) is 10.2 Å². The van der Waals surface area contributed by atoms with Gasteiger partial charge in [0.1, 0.15) is 6.04 Å². The summed E-state index contributed by atoms with van der Waals surface area (Å²) in [5.41, 5.74) is 1.77. The Morgan fingerprint density at radius 2 is 1.62 bits per heavy atom. The van der Waals surface area contributed by atoms with Gasteiger partial charge in [-0.1, -0.05) is 71.2 Å². The molecule has 0 aliphatic heterocycles. The minimum Gasteiger partial charge on any atom is -0.357 e. The number of rotatable bonds is 10. The quantitative estimate of drug-likeness (QED) is 0.301. The lowest BCUT2D eigenvalue weighted by molar-refractivity contribution is -0.140. The van der Waals surface area contributed by atoms with Gasteiger partial charge in [-0.3, -0.25) is 9.59 Å². The van der Waals surface area contributed by atoms with E-state index < -0.39 is 6.04 Å². The molecule has 0 fully saturated rings. The van der Waals surface area contributed by atoms with E-state index in [0.29, 0.717) is 27.2 Å². The zero-order valence-electron chi connectivity index (χ0n) is 18.6. The first-order valence-electron chi connectivity index (χ1n) is 10.7. The largest absolute Gasteiger partial charge is 0.357 e. The number of amides is 2. The molecule has 4 nitrogen and oxygen atoms in total. The van der Waals surface area contributed by atoms with Crippen LogP contribution in [0.1, 0.15) is 17.5 Å². The van der Waals surface area contributed by atoms with Crippen LogP contribution in [0.25, 0.3) is 0 Å². The number of hydrogen-bond donors (Lipinski definition) is 1. The molecule has 3 rings (SSSR count). The van der Waals surface area contributed by atoms with Crippen molar-refractivity contribution in [2.45, 2.75) is 30.3 Å². The van der Waals surface area contributed by atoms with Crippen molar-refractivity contribution >= 4 is 58.4 Å². The summed E-state index contributed by atoms with van der Waals surface area (Å²) in [5, 5.41) is 4.23. The average molecular weight is 536 g/mol. The van der Waals surface area contributed by atoms with Gasteiger partial charge in [0, 0.05) is 42.1 Å². The molecule has 0 heterocycles. The van der Waals surface area contributed by atoms with E-state index in [2.05, 4.69) is 5.32 Å². The highest BCUT2D eigenvalue weighted by Crippen LogP contribution is 2.25. The Balaban J connectivity index is 1.82. The number of nitrogens with one attached hydrogen (secondary N) is 1. The summed E-state index contributed by atoms with van der Waals surface area (Å²) < 4.78 is 0. The van der Waals surface area contributed by atoms with E-state index in [1.165, 1.54) is 0 Å². The lowest BCUT2D eigenvalue weighted by Gasteiger charge is -2.31. The summed E-state index contributed by atoms with van der Waals surface area (Å²) in [6.45, 7) is 0.242. The second-order valence-corrected chi connectivity index (χ2v) is 10.1. The van der Waals surface area contributed by atoms with E-state index in [1.807, 2.05) is 60.7 Å². The fraction of sp³-hybridized carbons (Fsp3) is 0.231. The van der Waals surface area contributed by atoms with Gasteiger partial charge in [0.15, 0.2) is 0 Å². The maximum absolute atomic E-state index is 13.4. The molecule has 3 aromatic carbocycles. The van der Waals surface area contributed by atoms with Gasteiger partial charge in [-0.2, -0.15) is 0 Å². The predicted molar refractivity (Wildman–Crippen MR) is 142 cm³/mol. The molecule has 0 spiro atoms. The van der Waals surface area contributed by atoms with Crippen LogP contribution in [0.3, 0.4) is 0 Å². The second kappa shape index (κ2) is 13.1. The third-order valence-electron chi connectivity index (χ3n) is 5.25. The molecule has 2 amide bonds. The summed E-state index contributed by atoms with van der Waals surface area (Å²) >= 11 is 19.8. The molecule has 0 aromatic heterocycles. The van der Waals surface area contributed by atoms with Crippen LogP contribution < -0.4 is 5.32 Å². The third-order valence-corrected chi connectivity index (χ3v) is 7.26. The van der Waals surface area contributed by atoms with Crippen molar-refractivity contribution < 1.29 is 9.59 Å². The number of thioether (sulfide) groups is 1. The van der Waals surface area contributed by atoms with Gasteiger partial charge >= 0.3 is 0 Å². The molecule has 0 unspecified atom stereocenters. The Kier molecular flexibility index (Phi) is 10.1. The number of likely N-dealkylation sites (N-methyl/N-ethyl adjacent to an activating group) is 1. The zero-order valence-corrected chi connectivity index (χ0v) is 21.7. The van der Waals surface area contributed by atoms with Crippen LogP contribution in [0.4, 0.5) is 0 Å². The van der Waals surface area contributed by atoms with Gasteiger partial charge in [-0.15, -0.1) is 11.8 Å². The fourth-order valence-corrected chi connectivity index (χ4v) is 4.77. The summed E-state index contributed by atoms with van der Waals surface area (Å²) in [6, 6.07) is 21.7. The SMILES string of the molecule is CNC(=O)[C@H](Cc1ccccc1)N(Cc1ccc(Cl)c(Cl)c1)C(=O)CCSc1ccc(Cl)cc1. The van der Waals surface area contributed by atoms with Crippen LogP contribution >= 0.6 is 46.6 Å². The van der Waals surface area contributed by atoms with Crippen molar-refractivity contribution in [3.8, 4) is 0 Å². The maximum Gasteiger partial charge on any atom is 0.242 e. The Bertz CT molecular complexity index is 1110. The Labute approximate surface area is 219 Å². The monoisotopic (exact) mass is 534 g/mol. The molecule has 34 heavy (non-hydrogen) atoms. The lowest BCUT2D eigenvalue weighted by Crippen LogP contribution is -2.49. The number of halogens is 3. The zero-order chi connectivity index (χ0) is 24.5. The highest BCUT2D eigenvalue weighted by Gasteiger charge is 2.29. The molecule has 0 aliphatic carbocycles. The minimum atomic E-state index is -0.671. The number of benzene rings is 3. The molecule has 0 bridgehead atoms. The number of carbonyl (C=O) groups is 2. The van der Waals surface area contributed by atoms with Crippen LogP contribution in [-0.4, -0.2) is 35.6 Å². The molecule has 0 aliphatic rings. The van der Waals surface area contributed by atoms with Crippen LogP contribution in [0, 0.1) is 0 Å². The molecular weight excluding hydrogens is 511 g/mol. The van der Waals surface area contributed by atoms with Crippen LogP contribution in [0.2, 0.25) is 15.1 Å². The molecule has 0 saturated carbocycles. The van der Waals surface area contributed by atoms with Crippen molar-refractivity contribution in [2.75, 3.05) is 12.8 Å². The van der Waals surface area contributed by atoms with Gasteiger partial charge in [0.25, 0.3) is 0 Å². The highest BCUT2D eigenvalue weighted by molar-refractivity contribution is 7.99. The lowest BCUT2D eigenvalue weighted by atomic mass is 10.0. The first-order chi connectivity index (χ1) is 16.4. The van der Waals surface area contributed by atoms with E-state index in [4.69, 9.17) is 34.8 Å². The summed E-state index contributed by atoms with van der Waals surface area (Å²) in [5.74, 6) is 0.240. The Morgan fingerprint density at radius 3 is 2.26 bits per heavy atom. The molecule has 0 radical (unpaired) electrons. The maximum atomic E-state index is 13.4. The molecule has 1 atom stereocenters. The smallest absolute Gasteiger partial charge is 0.242 e. The van der Waals surface area contributed by atoms with Crippen molar-refractivity contribution in [3.63, 3.8) is 0 Å². The Hall–Kier alpha value is -2.18. The summed E-state index contributed by atoms with van der Waals surface area (Å²) in [4.78, 5) is 29.0. The number of hydrogen-bond acceptors (Lipinski definition) is 3. The summed E-state index contributed by atoms with van der Waals surface area (Å²) in [7, 11) is 1.58. The van der Waals surface area contributed by atoms with Crippen LogP contribution in [0.15, 0.2) is 77.7 Å². The summed E-state index contributed by atoms with van der Waals surface area (Å²) in [6.07, 6.45) is 0.675. The van der Waals surface area contributed by atoms with Gasteiger partial charge in [-0.25, -0.2) is 0 Å². The van der Waals surface area contributed by atoms with E-state index in [9.17, 15) is 9.59 Å². The first kappa shape index (κ1) is 26.4. The van der Waals surface area contributed by atoms with Gasteiger partial charge in [-0.05, 0) is 47.5 Å². The minimum absolute atomic E-state index is 0.114. The third kappa shape index (κ3) is 7.67. The van der Waals surface area contributed by atoms with Gasteiger partial charge < -0.3 is 10.2 Å². The fourth-order valence-electron chi connectivity index (χ4n) is 3.49. The standard InChI is InChI=1S/C26H25Cl3N2O2S/c1-30-26(33)24(16-18-5-3-2-4-6-18)31(17-19-7-12-22(28)23(29)15-19)25(32)13-14-34-21-10-8-20(27)9-11-21/h2-12,15,24H,13-14,16-17H2,1H3,(H,30,33)/t24-/m0/s1. The Morgan fingerprint density at radius 1 is 0.912 bits per heavy atom. The topological polar surface area (TPSA) is 49.4 Å². The van der Waals surface area contributed by atoms with E-state index in [-0.39, 0.29) is 24.8 Å². The van der Waals surface area contributed by atoms with E-state index in [0.717, 1.165) is 16.0 Å². The molecule has 1 N–H and O–H groups in total. The van der Waals surface area contributed by atoms with Crippen LogP contribution in [-0.2, 0) is 22.6 Å². The van der Waals surface area contributed by atoms with E-state index in [1.54, 1.807) is 35.8 Å². The molecular formula is C26H25Cl3N2O2S. The second-order valence-electron chi connectivity index (χ2n) is 7.64. The first-order valence-corrected chi connectivity index (χ1v) is 12.9. The van der Waals surface area contributed by atoms with Crippen molar-refractivity contribution in [3.05, 3.63) is 99.0 Å². The normalized spacial score (nSPS) is 11.6. The number of carbonyl (C=O) groups excluding carboxylic acids is 2. The van der Waals surface area contributed by atoms with Crippen molar-refractivity contribution in [2.24, 2.45) is 0 Å². The van der Waals surface area contributed by atoms with Crippen LogP contribution in [0.5, 0.6) is 0 Å². The molecule has 8 heteroatoms. The molecule has 178 valence electrons. The number of nitrogens with zero attached hydrogens (tertiary/aromatic N) is 1. The average Bonchev–Trinajstić information content (AvgIpc) is 2.84. The molecule has 3 aromatic rings. The van der Waals surface area contributed by atoms with E-state index >= 15 is 0 Å². The van der Waals surface area contributed by atoms with Gasteiger partial charge in [0.05, 0.1) is 10.0 Å². The molecule has 0 saturated heterocycles. The van der Waals surface area contributed by atoms with Gasteiger partial charge in [0.2, 0.25) is 11.8 Å². The highest BCUT2D eigenvalue weighted by atomic mass is 35.5. The van der Waals surface area contributed by atoms with Crippen molar-refractivity contribution in [1.29, 1.82) is 0 Å².